The fourth-order valence-corrected chi connectivity index (χ4v) is 2.28. The van der Waals surface area contributed by atoms with Crippen LogP contribution in [0.15, 0.2) is 18.2 Å². The molecule has 0 atom stereocenters. The highest BCUT2D eigenvalue weighted by atomic mass is 127. The predicted octanol–water partition coefficient (Wildman–Crippen LogP) is 3.50. The largest absolute Gasteiger partial charge is 0.478 e. The lowest BCUT2D eigenvalue weighted by Gasteiger charge is -2.23. The molecule has 1 aromatic rings. The van der Waals surface area contributed by atoms with Crippen molar-refractivity contribution in [1.29, 1.82) is 0 Å². The van der Waals surface area contributed by atoms with E-state index in [1.165, 1.54) is 6.07 Å². The Morgan fingerprint density at radius 2 is 2.05 bits per heavy atom. The first-order valence-electron chi connectivity index (χ1n) is 6.43. The number of halogens is 1. The van der Waals surface area contributed by atoms with E-state index >= 15 is 0 Å². The van der Waals surface area contributed by atoms with Crippen molar-refractivity contribution < 1.29 is 14.7 Å². The van der Waals surface area contributed by atoms with E-state index in [0.717, 1.165) is 3.57 Å². The molecule has 1 rings (SSSR count). The molecule has 0 heterocycles. The number of hydrogen-bond donors (Lipinski definition) is 2. The molecule has 110 valence electrons. The molecule has 0 bridgehead atoms. The first-order chi connectivity index (χ1) is 9.35. The summed E-state index contributed by atoms with van der Waals surface area (Å²) >= 11 is 2.04. The Labute approximate surface area is 132 Å². The minimum absolute atomic E-state index is 0.103. The van der Waals surface area contributed by atoms with Crippen molar-refractivity contribution in [1.82, 2.24) is 4.90 Å². The molecule has 0 saturated heterocycles. The Balaban J connectivity index is 2.92. The summed E-state index contributed by atoms with van der Waals surface area (Å²) < 4.78 is 0.813. The zero-order chi connectivity index (χ0) is 15.3. The van der Waals surface area contributed by atoms with Crippen LogP contribution in [-0.4, -0.2) is 35.1 Å². The number of nitrogens with one attached hydrogen (secondary N) is 1. The van der Waals surface area contributed by atoms with Crippen molar-refractivity contribution in [2.24, 2.45) is 5.92 Å². The Morgan fingerprint density at radius 3 is 2.55 bits per heavy atom. The molecule has 0 fully saturated rings. The van der Waals surface area contributed by atoms with Gasteiger partial charge in [0, 0.05) is 16.7 Å². The number of carbonyl (C=O) groups is 2. The number of rotatable bonds is 5. The van der Waals surface area contributed by atoms with E-state index in [4.69, 9.17) is 0 Å². The Kier molecular flexibility index (Phi) is 6.25. The molecule has 2 N–H and O–H groups in total. The zero-order valence-corrected chi connectivity index (χ0v) is 14.0. The third-order valence-electron chi connectivity index (χ3n) is 2.71. The number of nitrogens with zero attached hydrogens (tertiary/aromatic N) is 1. The van der Waals surface area contributed by atoms with Crippen molar-refractivity contribution in [3.8, 4) is 0 Å². The van der Waals surface area contributed by atoms with Gasteiger partial charge in [-0.05, 0) is 53.6 Å². The molecule has 1 aromatic carbocycles. The number of aromatic carboxylic acids is 1. The van der Waals surface area contributed by atoms with Crippen molar-refractivity contribution in [2.45, 2.75) is 20.8 Å². The summed E-state index contributed by atoms with van der Waals surface area (Å²) in [7, 11) is 0. The van der Waals surface area contributed by atoms with E-state index in [2.05, 4.69) is 5.32 Å². The second-order valence-corrected chi connectivity index (χ2v) is 6.10. The number of benzene rings is 1. The second-order valence-electron chi connectivity index (χ2n) is 4.86. The monoisotopic (exact) mass is 390 g/mol. The first kappa shape index (κ1) is 16.7. The van der Waals surface area contributed by atoms with Gasteiger partial charge in [0.05, 0.1) is 11.3 Å². The van der Waals surface area contributed by atoms with Crippen LogP contribution in [0.25, 0.3) is 0 Å². The van der Waals surface area contributed by atoms with Gasteiger partial charge in [0.25, 0.3) is 0 Å². The molecule has 20 heavy (non-hydrogen) atoms. The Hall–Kier alpha value is -1.31. The lowest BCUT2D eigenvalue weighted by molar-refractivity contribution is 0.0698. The van der Waals surface area contributed by atoms with Gasteiger partial charge in [0.2, 0.25) is 0 Å². The molecule has 0 aliphatic carbocycles. The summed E-state index contributed by atoms with van der Waals surface area (Å²) in [5, 5.41) is 11.9. The average Bonchev–Trinajstić information content (AvgIpc) is 2.37. The minimum atomic E-state index is -1.05. The van der Waals surface area contributed by atoms with Gasteiger partial charge >= 0.3 is 12.0 Å². The lowest BCUT2D eigenvalue weighted by atomic mass is 10.2. The maximum atomic E-state index is 12.2. The molecule has 5 nitrogen and oxygen atoms in total. The van der Waals surface area contributed by atoms with Gasteiger partial charge in [-0.3, -0.25) is 0 Å². The smallest absolute Gasteiger partial charge is 0.337 e. The van der Waals surface area contributed by atoms with Crippen LogP contribution in [0.2, 0.25) is 0 Å². The third-order valence-corrected chi connectivity index (χ3v) is 3.38. The summed E-state index contributed by atoms with van der Waals surface area (Å²) in [6.45, 7) is 7.17. The summed E-state index contributed by atoms with van der Waals surface area (Å²) in [4.78, 5) is 25.0. The van der Waals surface area contributed by atoms with Crippen LogP contribution >= 0.6 is 22.6 Å². The van der Waals surface area contributed by atoms with Crippen LogP contribution in [0.5, 0.6) is 0 Å². The van der Waals surface area contributed by atoms with E-state index in [9.17, 15) is 14.7 Å². The van der Waals surface area contributed by atoms with Crippen molar-refractivity contribution >= 4 is 40.3 Å². The van der Waals surface area contributed by atoms with Gasteiger partial charge in [-0.15, -0.1) is 0 Å². The number of carboxylic acid groups (broad SMARTS) is 1. The van der Waals surface area contributed by atoms with Gasteiger partial charge < -0.3 is 15.3 Å². The average molecular weight is 390 g/mol. The van der Waals surface area contributed by atoms with E-state index in [-0.39, 0.29) is 11.6 Å². The number of anilines is 1. The maximum Gasteiger partial charge on any atom is 0.337 e. The van der Waals surface area contributed by atoms with Gasteiger partial charge in [0.1, 0.15) is 0 Å². The van der Waals surface area contributed by atoms with Gasteiger partial charge in [-0.2, -0.15) is 0 Å². The highest BCUT2D eigenvalue weighted by Crippen LogP contribution is 2.19. The van der Waals surface area contributed by atoms with Crippen LogP contribution < -0.4 is 5.32 Å². The van der Waals surface area contributed by atoms with Crippen LogP contribution in [0.3, 0.4) is 0 Å². The SMILES string of the molecule is CCN(CC(C)C)C(=O)Nc1ccc(I)cc1C(=O)O. The molecule has 0 aromatic heterocycles. The minimum Gasteiger partial charge on any atom is -0.478 e. The summed E-state index contributed by atoms with van der Waals surface area (Å²) in [6, 6.07) is 4.65. The number of urea groups is 1. The van der Waals surface area contributed by atoms with E-state index in [1.54, 1.807) is 17.0 Å². The molecule has 0 radical (unpaired) electrons. The van der Waals surface area contributed by atoms with Gasteiger partial charge in [0.15, 0.2) is 0 Å². The highest BCUT2D eigenvalue weighted by Gasteiger charge is 2.17. The Morgan fingerprint density at radius 1 is 1.40 bits per heavy atom. The highest BCUT2D eigenvalue weighted by molar-refractivity contribution is 14.1. The Bertz CT molecular complexity index is 503. The summed E-state index contributed by atoms with van der Waals surface area (Å²) in [5.74, 6) is -0.693. The quantitative estimate of drug-likeness (QED) is 0.757. The molecule has 2 amide bonds. The predicted molar refractivity (Wildman–Crippen MR) is 87.2 cm³/mol. The van der Waals surface area contributed by atoms with Gasteiger partial charge in [-0.1, -0.05) is 13.8 Å². The molecular formula is C14H19IN2O3. The maximum absolute atomic E-state index is 12.2. The summed E-state index contributed by atoms with van der Waals surface area (Å²) in [6.07, 6.45) is 0. The molecule has 6 heteroatoms. The van der Waals surface area contributed by atoms with Crippen LogP contribution in [0, 0.1) is 9.49 Å². The molecule has 0 aliphatic heterocycles. The lowest BCUT2D eigenvalue weighted by Crippen LogP contribution is -2.37. The first-order valence-corrected chi connectivity index (χ1v) is 7.51. The number of hydrogen-bond acceptors (Lipinski definition) is 2. The van der Waals surface area contributed by atoms with E-state index in [1.807, 2.05) is 43.4 Å². The third kappa shape index (κ3) is 4.66. The number of amides is 2. The van der Waals surface area contributed by atoms with Gasteiger partial charge in [-0.25, -0.2) is 9.59 Å². The zero-order valence-electron chi connectivity index (χ0n) is 11.8. The molecule has 0 unspecified atom stereocenters. The molecule has 0 spiro atoms. The normalized spacial score (nSPS) is 10.4. The fraction of sp³-hybridized carbons (Fsp3) is 0.429. The van der Waals surface area contributed by atoms with Crippen molar-refractivity contribution in [3.63, 3.8) is 0 Å². The van der Waals surface area contributed by atoms with Crippen LogP contribution in [-0.2, 0) is 0 Å². The van der Waals surface area contributed by atoms with E-state index in [0.29, 0.717) is 24.7 Å². The van der Waals surface area contributed by atoms with Crippen molar-refractivity contribution in [2.75, 3.05) is 18.4 Å². The van der Waals surface area contributed by atoms with Crippen LogP contribution in [0.4, 0.5) is 10.5 Å². The van der Waals surface area contributed by atoms with E-state index < -0.39 is 5.97 Å². The molecular weight excluding hydrogens is 371 g/mol. The summed E-state index contributed by atoms with van der Waals surface area (Å²) in [5.41, 5.74) is 0.427. The van der Waals surface area contributed by atoms with Crippen LogP contribution in [0.1, 0.15) is 31.1 Å². The molecule has 0 saturated carbocycles. The number of carbonyl (C=O) groups excluding carboxylic acids is 1. The molecule has 0 aliphatic rings. The fourth-order valence-electron chi connectivity index (χ4n) is 1.79. The standard InChI is InChI=1S/C14H19IN2O3/c1-4-17(8-9(2)3)14(20)16-12-6-5-10(15)7-11(12)13(18)19/h5-7,9H,4,8H2,1-3H3,(H,16,20)(H,18,19). The van der Waals surface area contributed by atoms with Crippen molar-refractivity contribution in [3.05, 3.63) is 27.3 Å². The second kappa shape index (κ2) is 7.47. The topological polar surface area (TPSA) is 69.6 Å². The number of carboxylic acids is 1.